The average molecular weight is 273 g/mol. The lowest BCUT2D eigenvalue weighted by molar-refractivity contribution is -0.139. The van der Waals surface area contributed by atoms with Crippen LogP contribution in [0.4, 0.5) is 0 Å². The molecule has 1 aromatic heterocycles. The molecule has 0 saturated carbocycles. The lowest BCUT2D eigenvalue weighted by Gasteiger charge is -2.18. The number of carboxylic acid groups (broad SMARTS) is 1. The molecular weight excluding hydrogens is 254 g/mol. The topological polar surface area (TPSA) is 85.1 Å². The zero-order chi connectivity index (χ0) is 13.9. The van der Waals surface area contributed by atoms with Gasteiger partial charge < -0.3 is 5.11 Å². The summed E-state index contributed by atoms with van der Waals surface area (Å²) in [5.74, 6) is -0.00932. The maximum Gasteiger partial charge on any atom is 0.321 e. The van der Waals surface area contributed by atoms with Crippen molar-refractivity contribution in [2.45, 2.75) is 44.7 Å². The first kappa shape index (κ1) is 14.8. The van der Waals surface area contributed by atoms with Crippen molar-refractivity contribution in [2.75, 3.05) is 0 Å². The Bertz CT molecular complexity index is 454. The number of hydrogen-bond acceptors (Lipinski definition) is 4. The maximum absolute atomic E-state index is 12.1. The third-order valence-electron chi connectivity index (χ3n) is 2.58. The van der Waals surface area contributed by atoms with E-state index in [1.165, 1.54) is 20.2 Å². The second kappa shape index (κ2) is 5.60. The zero-order valence-electron chi connectivity index (χ0n) is 11.1. The van der Waals surface area contributed by atoms with Gasteiger partial charge in [-0.15, -0.1) is 0 Å². The highest BCUT2D eigenvalue weighted by Gasteiger charge is 2.35. The van der Waals surface area contributed by atoms with Crippen molar-refractivity contribution in [1.29, 1.82) is 0 Å². The molecule has 0 saturated heterocycles. The molecular formula is C11H19N3O3S. The fraction of sp³-hybridized carbons (Fsp3) is 0.727. The second-order valence-corrected chi connectivity index (χ2v) is 7.06. The van der Waals surface area contributed by atoms with Crippen molar-refractivity contribution >= 4 is 16.8 Å². The fourth-order valence-corrected chi connectivity index (χ4v) is 2.31. The molecule has 1 atom stereocenters. The Balaban J connectivity index is 2.83. The molecule has 1 aromatic rings. The Morgan fingerprint density at radius 1 is 1.56 bits per heavy atom. The van der Waals surface area contributed by atoms with E-state index in [2.05, 4.69) is 10.1 Å². The van der Waals surface area contributed by atoms with Crippen LogP contribution in [0, 0.1) is 5.92 Å². The molecule has 18 heavy (non-hydrogen) atoms. The van der Waals surface area contributed by atoms with E-state index in [9.17, 15) is 9.00 Å². The normalized spacial score (nSPS) is 13.8. The number of nitrogens with zero attached hydrogens (tertiary/aromatic N) is 3. The van der Waals surface area contributed by atoms with Gasteiger partial charge in [-0.25, -0.2) is 9.67 Å². The van der Waals surface area contributed by atoms with Gasteiger partial charge in [0.15, 0.2) is 0 Å². The van der Waals surface area contributed by atoms with E-state index >= 15 is 0 Å². The van der Waals surface area contributed by atoms with Crippen LogP contribution in [0.2, 0.25) is 0 Å². The van der Waals surface area contributed by atoms with Crippen LogP contribution in [-0.4, -0.2) is 34.8 Å². The Hall–Kier alpha value is -1.24. The Morgan fingerprint density at radius 3 is 2.67 bits per heavy atom. The summed E-state index contributed by atoms with van der Waals surface area (Å²) >= 11 is 0. The summed E-state index contributed by atoms with van der Waals surface area (Å²) in [6.07, 6.45) is 1.41. The molecule has 0 aliphatic carbocycles. The highest BCUT2D eigenvalue weighted by atomic mass is 32.2. The number of aromatic nitrogens is 3. The van der Waals surface area contributed by atoms with Gasteiger partial charge in [0.1, 0.15) is 16.9 Å². The van der Waals surface area contributed by atoms with Crippen molar-refractivity contribution in [3.63, 3.8) is 0 Å². The fourth-order valence-electron chi connectivity index (χ4n) is 1.29. The first-order valence-electron chi connectivity index (χ1n) is 5.73. The number of carboxylic acids is 1. The second-order valence-electron chi connectivity index (χ2n) is 5.06. The number of aliphatic carboxylic acids is 1. The Labute approximate surface area is 109 Å². The van der Waals surface area contributed by atoms with E-state index < -0.39 is 21.5 Å². The number of hydrogen-bond donors (Lipinski definition) is 1. The van der Waals surface area contributed by atoms with Gasteiger partial charge in [0.05, 0.1) is 5.75 Å². The SMILES string of the molecule is CC(C)Cn1ncnc1CS(=O)C(C)(C)C(=O)O. The average Bonchev–Trinajstić information content (AvgIpc) is 2.64. The lowest BCUT2D eigenvalue weighted by atomic mass is 10.2. The number of carbonyl (C=O) groups is 1. The van der Waals surface area contributed by atoms with E-state index in [-0.39, 0.29) is 5.75 Å². The molecule has 1 rings (SSSR count). The minimum absolute atomic E-state index is 0.103. The summed E-state index contributed by atoms with van der Waals surface area (Å²) < 4.78 is 12.5. The largest absolute Gasteiger partial charge is 0.480 e. The van der Waals surface area contributed by atoms with Crippen LogP contribution in [0.1, 0.15) is 33.5 Å². The molecule has 0 bridgehead atoms. The molecule has 0 fully saturated rings. The van der Waals surface area contributed by atoms with Crippen LogP contribution in [0.5, 0.6) is 0 Å². The summed E-state index contributed by atoms with van der Waals surface area (Å²) in [4.78, 5) is 15.1. The van der Waals surface area contributed by atoms with Gasteiger partial charge in [0.2, 0.25) is 0 Å². The molecule has 0 aromatic carbocycles. The van der Waals surface area contributed by atoms with Gasteiger partial charge in [0.25, 0.3) is 0 Å². The predicted molar refractivity (Wildman–Crippen MR) is 68.4 cm³/mol. The molecule has 1 N–H and O–H groups in total. The molecule has 0 radical (unpaired) electrons. The highest BCUT2D eigenvalue weighted by Crippen LogP contribution is 2.17. The van der Waals surface area contributed by atoms with Crippen LogP contribution >= 0.6 is 0 Å². The maximum atomic E-state index is 12.1. The smallest absolute Gasteiger partial charge is 0.321 e. The van der Waals surface area contributed by atoms with Crippen molar-refractivity contribution in [1.82, 2.24) is 14.8 Å². The van der Waals surface area contributed by atoms with Crippen LogP contribution in [0.15, 0.2) is 6.33 Å². The van der Waals surface area contributed by atoms with Crippen molar-refractivity contribution in [3.05, 3.63) is 12.2 Å². The Morgan fingerprint density at radius 2 is 2.17 bits per heavy atom. The van der Waals surface area contributed by atoms with Crippen LogP contribution in [-0.2, 0) is 27.9 Å². The molecule has 0 spiro atoms. The predicted octanol–water partition coefficient (Wildman–Crippen LogP) is 1.05. The van der Waals surface area contributed by atoms with Gasteiger partial charge in [-0.3, -0.25) is 9.00 Å². The van der Waals surface area contributed by atoms with E-state index in [1.54, 1.807) is 4.68 Å². The molecule has 6 nitrogen and oxygen atoms in total. The van der Waals surface area contributed by atoms with Crippen LogP contribution in [0.25, 0.3) is 0 Å². The summed E-state index contributed by atoms with van der Waals surface area (Å²) in [5, 5.41) is 13.1. The van der Waals surface area contributed by atoms with Crippen LogP contribution < -0.4 is 0 Å². The number of rotatable bonds is 6. The molecule has 0 amide bonds. The summed E-state index contributed by atoms with van der Waals surface area (Å²) in [5.41, 5.74) is 0. The zero-order valence-corrected chi connectivity index (χ0v) is 11.9. The van der Waals surface area contributed by atoms with E-state index in [0.29, 0.717) is 18.3 Å². The van der Waals surface area contributed by atoms with Crippen molar-refractivity contribution in [3.8, 4) is 0 Å². The van der Waals surface area contributed by atoms with E-state index in [0.717, 1.165) is 0 Å². The van der Waals surface area contributed by atoms with Gasteiger partial charge in [0, 0.05) is 17.3 Å². The van der Waals surface area contributed by atoms with Crippen molar-refractivity contribution < 1.29 is 14.1 Å². The minimum Gasteiger partial charge on any atom is -0.480 e. The van der Waals surface area contributed by atoms with Gasteiger partial charge in [-0.2, -0.15) is 5.10 Å². The molecule has 1 unspecified atom stereocenters. The summed E-state index contributed by atoms with van der Waals surface area (Å²) in [6.45, 7) is 7.68. The monoisotopic (exact) mass is 273 g/mol. The minimum atomic E-state index is -1.54. The third kappa shape index (κ3) is 3.38. The quantitative estimate of drug-likeness (QED) is 0.837. The molecule has 102 valence electrons. The Kier molecular flexibility index (Phi) is 4.61. The molecule has 0 aliphatic rings. The molecule has 7 heteroatoms. The summed E-state index contributed by atoms with van der Waals surface area (Å²) in [6, 6.07) is 0. The lowest BCUT2D eigenvalue weighted by Crippen LogP contribution is -2.37. The third-order valence-corrected chi connectivity index (χ3v) is 4.41. The molecule has 1 heterocycles. The van der Waals surface area contributed by atoms with Crippen LogP contribution in [0.3, 0.4) is 0 Å². The van der Waals surface area contributed by atoms with Gasteiger partial charge in [-0.1, -0.05) is 13.8 Å². The van der Waals surface area contributed by atoms with E-state index in [4.69, 9.17) is 5.11 Å². The first-order chi connectivity index (χ1) is 8.25. The standard InChI is InChI=1S/C11H19N3O3S/c1-8(2)5-14-9(12-7-13-14)6-18(17)11(3,4)10(15)16/h7-8H,5-6H2,1-4H3,(H,15,16). The van der Waals surface area contributed by atoms with Gasteiger partial charge in [-0.05, 0) is 19.8 Å². The van der Waals surface area contributed by atoms with Gasteiger partial charge >= 0.3 is 5.97 Å². The highest BCUT2D eigenvalue weighted by molar-refractivity contribution is 7.86. The van der Waals surface area contributed by atoms with Crippen molar-refractivity contribution in [2.24, 2.45) is 5.92 Å². The molecule has 0 aliphatic heterocycles. The first-order valence-corrected chi connectivity index (χ1v) is 7.05. The summed E-state index contributed by atoms with van der Waals surface area (Å²) in [7, 11) is -1.54. The van der Waals surface area contributed by atoms with E-state index in [1.807, 2.05) is 13.8 Å².